The molecule has 1 fully saturated rings. The molecule has 0 aliphatic carbocycles. The number of piperazine rings is 1. The highest BCUT2D eigenvalue weighted by atomic mass is 79.9. The molecule has 1 atom stereocenters. The molecule has 1 aromatic carbocycles. The van der Waals surface area contributed by atoms with E-state index in [4.69, 9.17) is 4.74 Å². The van der Waals surface area contributed by atoms with Gasteiger partial charge in [0.2, 0.25) is 11.8 Å². The van der Waals surface area contributed by atoms with Crippen LogP contribution in [0.5, 0.6) is 5.75 Å². The number of anilines is 1. The molecule has 0 bridgehead atoms. The van der Waals surface area contributed by atoms with Crippen LogP contribution in [0.15, 0.2) is 22.7 Å². The summed E-state index contributed by atoms with van der Waals surface area (Å²) in [5, 5.41) is 2.63. The maximum atomic E-state index is 12.2. The van der Waals surface area contributed by atoms with Gasteiger partial charge in [0.25, 0.3) is 0 Å². The van der Waals surface area contributed by atoms with Crippen molar-refractivity contribution < 1.29 is 14.3 Å². The van der Waals surface area contributed by atoms with Crippen LogP contribution in [-0.4, -0.2) is 31.5 Å². The first-order valence-electron chi connectivity index (χ1n) is 6.39. The third-order valence-corrected chi connectivity index (χ3v) is 3.89. The van der Waals surface area contributed by atoms with Gasteiger partial charge in [0.15, 0.2) is 0 Å². The molecule has 1 aliphatic heterocycles. The number of nitrogens with zero attached hydrogens (tertiary/aromatic N) is 1. The van der Waals surface area contributed by atoms with Gasteiger partial charge in [-0.15, -0.1) is 0 Å². The Hall–Kier alpha value is -1.56. The van der Waals surface area contributed by atoms with Crippen LogP contribution in [-0.2, 0) is 9.59 Å². The average molecular weight is 341 g/mol. The fraction of sp³-hybridized carbons (Fsp3) is 0.429. The van der Waals surface area contributed by atoms with E-state index in [9.17, 15) is 9.59 Å². The second kappa shape index (κ2) is 5.83. The molecule has 0 aromatic heterocycles. The molecule has 20 heavy (non-hydrogen) atoms. The van der Waals surface area contributed by atoms with Gasteiger partial charge in [0.1, 0.15) is 11.8 Å². The lowest BCUT2D eigenvalue weighted by Gasteiger charge is -2.37. The van der Waals surface area contributed by atoms with Crippen LogP contribution >= 0.6 is 15.9 Å². The zero-order chi connectivity index (χ0) is 14.9. The first-order valence-corrected chi connectivity index (χ1v) is 7.18. The van der Waals surface area contributed by atoms with Crippen molar-refractivity contribution in [2.45, 2.75) is 19.9 Å². The molecule has 1 N–H and O–H groups in total. The number of carbonyl (C=O) groups is 2. The van der Waals surface area contributed by atoms with E-state index < -0.39 is 6.04 Å². The Bertz CT molecular complexity index is 545. The van der Waals surface area contributed by atoms with Crippen LogP contribution < -0.4 is 15.0 Å². The van der Waals surface area contributed by atoms with E-state index in [1.54, 1.807) is 30.2 Å². The highest BCUT2D eigenvalue weighted by Crippen LogP contribution is 2.32. The fourth-order valence-corrected chi connectivity index (χ4v) is 2.86. The van der Waals surface area contributed by atoms with E-state index in [-0.39, 0.29) is 24.3 Å². The minimum Gasteiger partial charge on any atom is -0.496 e. The van der Waals surface area contributed by atoms with Crippen LogP contribution in [0.25, 0.3) is 0 Å². The molecule has 0 radical (unpaired) electrons. The Labute approximate surface area is 126 Å². The Morgan fingerprint density at radius 2 is 2.10 bits per heavy atom. The quantitative estimate of drug-likeness (QED) is 0.914. The zero-order valence-corrected chi connectivity index (χ0v) is 13.2. The van der Waals surface area contributed by atoms with Crippen molar-refractivity contribution in [3.8, 4) is 5.75 Å². The van der Waals surface area contributed by atoms with Gasteiger partial charge in [0.05, 0.1) is 18.1 Å². The van der Waals surface area contributed by atoms with E-state index in [0.29, 0.717) is 11.4 Å². The molecule has 2 amide bonds. The third-order valence-electron chi connectivity index (χ3n) is 3.27. The monoisotopic (exact) mass is 340 g/mol. The first-order chi connectivity index (χ1) is 9.45. The maximum absolute atomic E-state index is 12.2. The Morgan fingerprint density at radius 1 is 1.40 bits per heavy atom. The van der Waals surface area contributed by atoms with E-state index >= 15 is 0 Å². The molecular weight excluding hydrogens is 324 g/mol. The van der Waals surface area contributed by atoms with Gasteiger partial charge >= 0.3 is 0 Å². The SMILES string of the molecule is COc1ccc(N2C(=O)CNC(=O)C2C(C)C)cc1Br. The van der Waals surface area contributed by atoms with Crippen molar-refractivity contribution in [1.82, 2.24) is 5.32 Å². The number of carbonyl (C=O) groups excluding carboxylic acids is 2. The van der Waals surface area contributed by atoms with Gasteiger partial charge in [-0.1, -0.05) is 13.8 Å². The summed E-state index contributed by atoms with van der Waals surface area (Å²) in [5.74, 6) is 0.482. The lowest BCUT2D eigenvalue weighted by Crippen LogP contribution is -2.60. The molecule has 108 valence electrons. The predicted octanol–water partition coefficient (Wildman–Crippen LogP) is 1.95. The first kappa shape index (κ1) is 14.8. The summed E-state index contributed by atoms with van der Waals surface area (Å²) in [6.07, 6.45) is 0. The van der Waals surface area contributed by atoms with E-state index in [2.05, 4.69) is 21.2 Å². The number of halogens is 1. The van der Waals surface area contributed by atoms with Crippen LogP contribution in [0, 0.1) is 5.92 Å². The molecule has 0 spiro atoms. The Morgan fingerprint density at radius 3 is 2.65 bits per heavy atom. The van der Waals surface area contributed by atoms with Gasteiger partial charge in [-0.3, -0.25) is 14.5 Å². The Balaban J connectivity index is 2.43. The van der Waals surface area contributed by atoms with Crippen molar-refractivity contribution in [2.24, 2.45) is 5.92 Å². The molecule has 1 aromatic rings. The van der Waals surface area contributed by atoms with Gasteiger partial charge in [0, 0.05) is 5.69 Å². The number of hydrogen-bond donors (Lipinski definition) is 1. The maximum Gasteiger partial charge on any atom is 0.247 e. The van der Waals surface area contributed by atoms with Gasteiger partial charge in [-0.25, -0.2) is 0 Å². The lowest BCUT2D eigenvalue weighted by molar-refractivity contribution is -0.131. The van der Waals surface area contributed by atoms with E-state index in [1.807, 2.05) is 13.8 Å². The van der Waals surface area contributed by atoms with Crippen LogP contribution in [0.2, 0.25) is 0 Å². The average Bonchev–Trinajstić information content (AvgIpc) is 2.40. The number of hydrogen-bond acceptors (Lipinski definition) is 3. The summed E-state index contributed by atoms with van der Waals surface area (Å²) < 4.78 is 5.93. The molecule has 0 saturated carbocycles. The normalized spacial score (nSPS) is 19.2. The summed E-state index contributed by atoms with van der Waals surface area (Å²) in [7, 11) is 1.58. The van der Waals surface area contributed by atoms with E-state index in [0.717, 1.165) is 4.47 Å². The van der Waals surface area contributed by atoms with Gasteiger partial charge < -0.3 is 10.1 Å². The summed E-state index contributed by atoms with van der Waals surface area (Å²) >= 11 is 3.40. The van der Waals surface area contributed by atoms with Crippen LogP contribution in [0.3, 0.4) is 0 Å². The number of amides is 2. The van der Waals surface area contributed by atoms with Crippen molar-refractivity contribution in [3.05, 3.63) is 22.7 Å². The third kappa shape index (κ3) is 2.65. The summed E-state index contributed by atoms with van der Waals surface area (Å²) in [6.45, 7) is 3.88. The van der Waals surface area contributed by atoms with Gasteiger partial charge in [-0.05, 0) is 40.0 Å². The lowest BCUT2D eigenvalue weighted by atomic mass is 9.98. The van der Waals surface area contributed by atoms with Crippen molar-refractivity contribution >= 4 is 33.4 Å². The largest absolute Gasteiger partial charge is 0.496 e. The molecule has 5 nitrogen and oxygen atoms in total. The van der Waals surface area contributed by atoms with Crippen molar-refractivity contribution in [2.75, 3.05) is 18.6 Å². The minimum absolute atomic E-state index is 0.0279. The molecule has 2 rings (SSSR count). The summed E-state index contributed by atoms with van der Waals surface area (Å²) in [5.41, 5.74) is 0.691. The molecule has 1 aliphatic rings. The second-order valence-electron chi connectivity index (χ2n) is 4.99. The number of methoxy groups -OCH3 is 1. The topological polar surface area (TPSA) is 58.6 Å². The van der Waals surface area contributed by atoms with Crippen LogP contribution in [0.1, 0.15) is 13.8 Å². The molecule has 6 heteroatoms. The highest BCUT2D eigenvalue weighted by Gasteiger charge is 2.37. The number of benzene rings is 1. The number of ether oxygens (including phenoxy) is 1. The highest BCUT2D eigenvalue weighted by molar-refractivity contribution is 9.10. The number of nitrogens with one attached hydrogen (secondary N) is 1. The van der Waals surface area contributed by atoms with Crippen molar-refractivity contribution in [1.29, 1.82) is 0 Å². The molecule has 1 unspecified atom stereocenters. The molecule has 1 heterocycles. The molecular formula is C14H17BrN2O3. The summed E-state index contributed by atoms with van der Waals surface area (Å²) in [6, 6.07) is 4.87. The minimum atomic E-state index is -0.489. The molecule has 1 saturated heterocycles. The predicted molar refractivity (Wildman–Crippen MR) is 79.8 cm³/mol. The van der Waals surface area contributed by atoms with Crippen LogP contribution in [0.4, 0.5) is 5.69 Å². The number of rotatable bonds is 3. The fourth-order valence-electron chi connectivity index (χ4n) is 2.34. The standard InChI is InChI=1S/C14H17BrN2O3/c1-8(2)13-14(19)16-7-12(18)17(13)9-4-5-11(20-3)10(15)6-9/h4-6,8,13H,7H2,1-3H3,(H,16,19). The Kier molecular flexibility index (Phi) is 4.32. The smallest absolute Gasteiger partial charge is 0.247 e. The van der Waals surface area contributed by atoms with E-state index in [1.165, 1.54) is 0 Å². The van der Waals surface area contributed by atoms with Crippen molar-refractivity contribution in [3.63, 3.8) is 0 Å². The second-order valence-corrected chi connectivity index (χ2v) is 5.84. The zero-order valence-electron chi connectivity index (χ0n) is 11.6. The van der Waals surface area contributed by atoms with Gasteiger partial charge in [-0.2, -0.15) is 0 Å². The summed E-state index contributed by atoms with van der Waals surface area (Å²) in [4.78, 5) is 25.8.